The van der Waals surface area contributed by atoms with E-state index in [1.165, 1.54) is 31.6 Å². The quantitative estimate of drug-likeness (QED) is 0.460. The summed E-state index contributed by atoms with van der Waals surface area (Å²) < 4.78 is 4.95. The third kappa shape index (κ3) is 4.52. The summed E-state index contributed by atoms with van der Waals surface area (Å²) >= 11 is 0. The summed E-state index contributed by atoms with van der Waals surface area (Å²) in [6.45, 7) is 1.33. The molecule has 0 heterocycles. The maximum atomic E-state index is 11.9. The molecule has 4 N–H and O–H groups in total. The molecule has 1 aromatic rings. The van der Waals surface area contributed by atoms with Crippen LogP contribution in [0.2, 0.25) is 0 Å². The van der Waals surface area contributed by atoms with E-state index < -0.39 is 24.0 Å². The molecular weight excluding hydrogens is 264 g/mol. The number of benzene rings is 1. The van der Waals surface area contributed by atoms with Gasteiger partial charge in [-0.25, -0.2) is 5.48 Å². The Morgan fingerprint density at radius 3 is 2.20 bits per heavy atom. The van der Waals surface area contributed by atoms with Gasteiger partial charge >= 0.3 is 0 Å². The molecule has 112 valence electrons. The predicted octanol–water partition coefficient (Wildman–Crippen LogP) is 0.316. The van der Waals surface area contributed by atoms with Crippen LogP contribution in [0.15, 0.2) is 24.3 Å². The van der Waals surface area contributed by atoms with Crippen LogP contribution >= 0.6 is 0 Å². The second-order valence-electron chi connectivity index (χ2n) is 3.90. The van der Waals surface area contributed by atoms with E-state index in [2.05, 4.69) is 5.32 Å². The molecule has 0 spiro atoms. The smallest absolute Gasteiger partial charge is 0.268 e. The number of carbonyl (C=O) groups is 2. The molecule has 0 unspecified atom stereocenters. The lowest BCUT2D eigenvalue weighted by molar-refractivity contribution is -0.133. The van der Waals surface area contributed by atoms with Crippen molar-refractivity contribution in [1.82, 2.24) is 10.8 Å². The fourth-order valence-corrected chi connectivity index (χ4v) is 1.44. The highest BCUT2D eigenvalue weighted by Crippen LogP contribution is 2.11. The van der Waals surface area contributed by atoms with Gasteiger partial charge in [0.25, 0.3) is 11.8 Å². The first kappa shape index (κ1) is 17.9. The average molecular weight is 284 g/mol. The van der Waals surface area contributed by atoms with Crippen LogP contribution in [-0.2, 0) is 4.79 Å². The summed E-state index contributed by atoms with van der Waals surface area (Å²) in [6, 6.07) is 4.99. The molecule has 0 radical (unpaired) electrons. The Kier molecular flexibility index (Phi) is 7.27. The molecule has 2 atom stereocenters. The summed E-state index contributed by atoms with van der Waals surface area (Å²) in [5, 5.41) is 20.2. The minimum absolute atomic E-state index is 0. The lowest BCUT2D eigenvalue weighted by Crippen LogP contribution is -2.51. The summed E-state index contributed by atoms with van der Waals surface area (Å²) in [5.74, 6) is -0.842. The number of hydrogen-bond donors (Lipinski definition) is 4. The molecule has 20 heavy (non-hydrogen) atoms. The maximum absolute atomic E-state index is 11.9. The van der Waals surface area contributed by atoms with Crippen molar-refractivity contribution in [2.75, 3.05) is 7.11 Å². The van der Waals surface area contributed by atoms with Crippen molar-refractivity contribution in [1.29, 1.82) is 0 Å². The summed E-state index contributed by atoms with van der Waals surface area (Å²) in [6.07, 6.45) is -1.14. The second kappa shape index (κ2) is 8.13. The van der Waals surface area contributed by atoms with Crippen molar-refractivity contribution in [3.63, 3.8) is 0 Å². The van der Waals surface area contributed by atoms with Gasteiger partial charge in [0.2, 0.25) is 0 Å². The average Bonchev–Trinajstić information content (AvgIpc) is 2.43. The lowest BCUT2D eigenvalue weighted by Gasteiger charge is -2.19. The van der Waals surface area contributed by atoms with Crippen LogP contribution in [0.3, 0.4) is 0 Å². The topological polar surface area (TPSA) is 108 Å². The molecule has 0 fully saturated rings. The van der Waals surface area contributed by atoms with E-state index in [-0.39, 0.29) is 7.43 Å². The number of carbonyl (C=O) groups excluding carboxylic acids is 2. The molecule has 0 saturated heterocycles. The zero-order valence-electron chi connectivity index (χ0n) is 10.6. The molecule has 7 heteroatoms. The van der Waals surface area contributed by atoms with Crippen LogP contribution in [0.25, 0.3) is 0 Å². The van der Waals surface area contributed by atoms with Gasteiger partial charge in [-0.2, -0.15) is 0 Å². The Morgan fingerprint density at radius 2 is 1.80 bits per heavy atom. The zero-order valence-corrected chi connectivity index (χ0v) is 10.6. The van der Waals surface area contributed by atoms with Crippen LogP contribution in [0.4, 0.5) is 0 Å². The van der Waals surface area contributed by atoms with E-state index in [0.717, 1.165) is 0 Å². The van der Waals surface area contributed by atoms with Crippen LogP contribution < -0.4 is 15.5 Å². The molecule has 7 nitrogen and oxygen atoms in total. The van der Waals surface area contributed by atoms with Gasteiger partial charge in [-0.15, -0.1) is 0 Å². The predicted molar refractivity (Wildman–Crippen MR) is 72.6 cm³/mol. The van der Waals surface area contributed by atoms with Crippen molar-refractivity contribution >= 4 is 11.8 Å². The van der Waals surface area contributed by atoms with Crippen molar-refractivity contribution in [3.8, 4) is 5.75 Å². The largest absolute Gasteiger partial charge is 0.497 e. The number of methoxy groups -OCH3 is 1. The Balaban J connectivity index is 0.00000361. The van der Waals surface area contributed by atoms with Gasteiger partial charge in [0.1, 0.15) is 11.8 Å². The van der Waals surface area contributed by atoms with Crippen LogP contribution in [0, 0.1) is 0 Å². The Labute approximate surface area is 117 Å². The standard InChI is InChI=1S/C12H16N2O5.CH4/c1-7(15)10(12(17)14-18)13-11(16)8-3-5-9(19-2)6-4-8;/h3-7,10,15,18H,1-2H3,(H,13,16)(H,14,17);1H4/t7-,10-;/m0./s1. The first-order chi connectivity index (χ1) is 8.99. The number of aliphatic hydroxyl groups excluding tert-OH is 1. The first-order valence-corrected chi connectivity index (χ1v) is 5.56. The summed E-state index contributed by atoms with van der Waals surface area (Å²) in [7, 11) is 1.50. The van der Waals surface area contributed by atoms with E-state index in [1.807, 2.05) is 0 Å². The maximum Gasteiger partial charge on any atom is 0.268 e. The monoisotopic (exact) mass is 284 g/mol. The van der Waals surface area contributed by atoms with Crippen molar-refractivity contribution in [2.24, 2.45) is 0 Å². The molecule has 0 saturated carbocycles. The van der Waals surface area contributed by atoms with Crippen molar-refractivity contribution in [3.05, 3.63) is 29.8 Å². The number of hydroxylamine groups is 1. The third-order valence-electron chi connectivity index (χ3n) is 2.51. The van der Waals surface area contributed by atoms with E-state index in [0.29, 0.717) is 11.3 Å². The molecule has 0 aromatic heterocycles. The molecule has 0 aliphatic carbocycles. The van der Waals surface area contributed by atoms with Crippen molar-refractivity contribution in [2.45, 2.75) is 26.5 Å². The SMILES string of the molecule is C.COc1ccc(C(=O)N[C@H](C(=O)NO)[C@H](C)O)cc1. The summed E-state index contributed by atoms with van der Waals surface area (Å²) in [5.41, 5.74) is 1.69. The summed E-state index contributed by atoms with van der Waals surface area (Å²) in [4.78, 5) is 23.1. The Morgan fingerprint density at radius 1 is 1.25 bits per heavy atom. The molecule has 2 amide bonds. The van der Waals surface area contributed by atoms with Gasteiger partial charge in [0, 0.05) is 5.56 Å². The van der Waals surface area contributed by atoms with Gasteiger partial charge in [0.05, 0.1) is 13.2 Å². The highest BCUT2D eigenvalue weighted by molar-refractivity contribution is 5.97. The molecule has 0 aliphatic heterocycles. The molecule has 0 bridgehead atoms. The molecule has 1 rings (SSSR count). The number of nitrogens with one attached hydrogen (secondary N) is 2. The number of rotatable bonds is 5. The van der Waals surface area contributed by atoms with Crippen LogP contribution in [0.1, 0.15) is 24.7 Å². The van der Waals surface area contributed by atoms with Crippen LogP contribution in [0.5, 0.6) is 5.75 Å². The van der Waals surface area contributed by atoms with E-state index in [4.69, 9.17) is 9.94 Å². The minimum atomic E-state index is -1.24. The zero-order chi connectivity index (χ0) is 14.4. The minimum Gasteiger partial charge on any atom is -0.497 e. The van der Waals surface area contributed by atoms with E-state index in [9.17, 15) is 14.7 Å². The number of ether oxygens (including phenoxy) is 1. The lowest BCUT2D eigenvalue weighted by atomic mass is 10.1. The van der Waals surface area contributed by atoms with E-state index >= 15 is 0 Å². The van der Waals surface area contributed by atoms with Gasteiger partial charge in [-0.3, -0.25) is 14.8 Å². The van der Waals surface area contributed by atoms with E-state index in [1.54, 1.807) is 12.1 Å². The Bertz CT molecular complexity index is 445. The number of aliphatic hydroxyl groups is 1. The first-order valence-electron chi connectivity index (χ1n) is 5.56. The highest BCUT2D eigenvalue weighted by atomic mass is 16.5. The highest BCUT2D eigenvalue weighted by Gasteiger charge is 2.25. The molecular formula is C13H20N2O5. The Hall–Kier alpha value is -2.12. The third-order valence-corrected chi connectivity index (χ3v) is 2.51. The number of amides is 2. The fraction of sp³-hybridized carbons (Fsp3) is 0.385. The normalized spacial score (nSPS) is 12.6. The second-order valence-corrected chi connectivity index (χ2v) is 3.90. The van der Waals surface area contributed by atoms with Gasteiger partial charge in [-0.05, 0) is 31.2 Å². The van der Waals surface area contributed by atoms with Gasteiger partial charge < -0.3 is 15.2 Å². The van der Waals surface area contributed by atoms with Gasteiger partial charge in [0.15, 0.2) is 0 Å². The van der Waals surface area contributed by atoms with Gasteiger partial charge in [-0.1, -0.05) is 7.43 Å². The molecule has 0 aliphatic rings. The van der Waals surface area contributed by atoms with Crippen molar-refractivity contribution < 1.29 is 24.6 Å². The molecule has 1 aromatic carbocycles. The fourth-order valence-electron chi connectivity index (χ4n) is 1.44. The van der Waals surface area contributed by atoms with Crippen LogP contribution in [-0.4, -0.2) is 41.4 Å². The number of hydrogen-bond acceptors (Lipinski definition) is 5.